The van der Waals surface area contributed by atoms with E-state index in [1.807, 2.05) is 0 Å². The summed E-state index contributed by atoms with van der Waals surface area (Å²) in [6, 6.07) is 0. The van der Waals surface area contributed by atoms with Crippen LogP contribution in [-0.4, -0.2) is 6.61 Å². The van der Waals surface area contributed by atoms with Gasteiger partial charge < -0.3 is 4.74 Å². The Morgan fingerprint density at radius 1 is 1.25 bits per heavy atom. The van der Waals surface area contributed by atoms with Gasteiger partial charge in [-0.3, -0.25) is 0 Å². The number of ether oxygens (including phenoxy) is 1. The second-order valence-electron chi connectivity index (χ2n) is 2.20. The van der Waals surface area contributed by atoms with Gasteiger partial charge in [-0.15, -0.1) is 0 Å². The molecule has 46 valence electrons. The summed E-state index contributed by atoms with van der Waals surface area (Å²) in [4.78, 5) is 0. The lowest BCUT2D eigenvalue weighted by atomic mass is 10.2. The minimum atomic E-state index is 0.888. The Balaban J connectivity index is 2.27. The highest BCUT2D eigenvalue weighted by Crippen LogP contribution is 2.13. The monoisotopic (exact) mass is 112 g/mol. The molecular weight excluding hydrogens is 100 g/mol. The fourth-order valence-corrected chi connectivity index (χ4v) is 0.890. The van der Waals surface area contributed by atoms with E-state index in [2.05, 4.69) is 6.58 Å². The summed E-state index contributed by atoms with van der Waals surface area (Å²) in [5.74, 6) is 0.975. The smallest absolute Gasteiger partial charge is 0.0888 e. The highest BCUT2D eigenvalue weighted by Gasteiger charge is 2.00. The molecular formula is C7H12O. The van der Waals surface area contributed by atoms with Gasteiger partial charge in [-0.2, -0.15) is 0 Å². The SMILES string of the molecule is C=C1CCCCCO1. The molecule has 1 fully saturated rings. The van der Waals surface area contributed by atoms with Gasteiger partial charge in [-0.1, -0.05) is 6.58 Å². The third kappa shape index (κ3) is 1.57. The maximum atomic E-state index is 5.21. The number of hydrogen-bond donors (Lipinski definition) is 0. The first-order valence-electron chi connectivity index (χ1n) is 3.20. The van der Waals surface area contributed by atoms with E-state index in [4.69, 9.17) is 4.74 Å². The van der Waals surface area contributed by atoms with Gasteiger partial charge in [0.15, 0.2) is 0 Å². The Morgan fingerprint density at radius 2 is 2.12 bits per heavy atom. The summed E-state index contributed by atoms with van der Waals surface area (Å²) in [7, 11) is 0. The second-order valence-corrected chi connectivity index (χ2v) is 2.20. The minimum absolute atomic E-state index is 0.888. The molecule has 0 unspecified atom stereocenters. The molecule has 1 nitrogen and oxygen atoms in total. The molecule has 8 heavy (non-hydrogen) atoms. The Labute approximate surface area is 50.3 Å². The van der Waals surface area contributed by atoms with Crippen LogP contribution in [0.5, 0.6) is 0 Å². The number of rotatable bonds is 0. The first-order valence-corrected chi connectivity index (χ1v) is 3.20. The largest absolute Gasteiger partial charge is 0.499 e. The topological polar surface area (TPSA) is 9.23 Å². The van der Waals surface area contributed by atoms with Crippen LogP contribution < -0.4 is 0 Å². The van der Waals surface area contributed by atoms with Crippen molar-refractivity contribution in [2.24, 2.45) is 0 Å². The summed E-state index contributed by atoms with van der Waals surface area (Å²) in [6.45, 7) is 4.64. The third-order valence-electron chi connectivity index (χ3n) is 1.41. The molecule has 0 aromatic rings. The average molecular weight is 112 g/mol. The van der Waals surface area contributed by atoms with E-state index in [0.717, 1.165) is 18.8 Å². The molecule has 0 N–H and O–H groups in total. The molecule has 1 heterocycles. The van der Waals surface area contributed by atoms with Crippen LogP contribution >= 0.6 is 0 Å². The zero-order valence-electron chi connectivity index (χ0n) is 5.15. The molecule has 0 bridgehead atoms. The quantitative estimate of drug-likeness (QED) is 0.466. The minimum Gasteiger partial charge on any atom is -0.499 e. The lowest BCUT2D eigenvalue weighted by Gasteiger charge is -2.00. The van der Waals surface area contributed by atoms with Gasteiger partial charge in [0.05, 0.1) is 12.4 Å². The van der Waals surface area contributed by atoms with Crippen molar-refractivity contribution in [3.8, 4) is 0 Å². The number of allylic oxidation sites excluding steroid dienone is 1. The summed E-state index contributed by atoms with van der Waals surface area (Å²) >= 11 is 0. The second kappa shape index (κ2) is 2.75. The van der Waals surface area contributed by atoms with E-state index in [0.29, 0.717) is 0 Å². The Hall–Kier alpha value is -0.460. The molecule has 0 aromatic heterocycles. The van der Waals surface area contributed by atoms with Crippen molar-refractivity contribution in [2.75, 3.05) is 6.61 Å². The van der Waals surface area contributed by atoms with E-state index in [-0.39, 0.29) is 0 Å². The molecule has 1 heteroatoms. The van der Waals surface area contributed by atoms with Crippen LogP contribution in [0.3, 0.4) is 0 Å². The summed E-state index contributed by atoms with van der Waals surface area (Å²) < 4.78 is 5.21. The molecule has 1 aliphatic rings. The molecule has 1 saturated heterocycles. The van der Waals surface area contributed by atoms with Gasteiger partial charge >= 0.3 is 0 Å². The van der Waals surface area contributed by atoms with Crippen molar-refractivity contribution in [1.29, 1.82) is 0 Å². The molecule has 0 aliphatic carbocycles. The Kier molecular flexibility index (Phi) is 1.95. The van der Waals surface area contributed by atoms with E-state index < -0.39 is 0 Å². The Bertz CT molecular complexity index is 76.4. The molecule has 0 aromatic carbocycles. The lowest BCUT2D eigenvalue weighted by molar-refractivity contribution is 0.215. The van der Waals surface area contributed by atoms with Crippen LogP contribution in [0.15, 0.2) is 12.3 Å². The summed E-state index contributed by atoms with van der Waals surface area (Å²) in [5, 5.41) is 0. The normalized spacial score (nSPS) is 21.8. The summed E-state index contributed by atoms with van der Waals surface area (Å²) in [5.41, 5.74) is 0. The summed E-state index contributed by atoms with van der Waals surface area (Å²) in [6.07, 6.45) is 4.84. The Morgan fingerprint density at radius 3 is 3.00 bits per heavy atom. The lowest BCUT2D eigenvalue weighted by Crippen LogP contribution is -1.86. The maximum absolute atomic E-state index is 5.21. The molecule has 1 aliphatic heterocycles. The van der Waals surface area contributed by atoms with E-state index >= 15 is 0 Å². The predicted octanol–water partition coefficient (Wildman–Crippen LogP) is 2.09. The highest BCUT2D eigenvalue weighted by atomic mass is 16.5. The standard InChI is InChI=1S/C7H12O/c1-7-5-3-2-4-6-8-7/h1-6H2. The molecule has 0 saturated carbocycles. The van der Waals surface area contributed by atoms with Crippen molar-refractivity contribution in [3.05, 3.63) is 12.3 Å². The van der Waals surface area contributed by atoms with Crippen molar-refractivity contribution in [2.45, 2.75) is 25.7 Å². The zero-order chi connectivity index (χ0) is 5.82. The van der Waals surface area contributed by atoms with E-state index in [1.165, 1.54) is 19.3 Å². The van der Waals surface area contributed by atoms with Crippen molar-refractivity contribution < 1.29 is 4.74 Å². The fourth-order valence-electron chi connectivity index (χ4n) is 0.890. The van der Waals surface area contributed by atoms with E-state index in [1.54, 1.807) is 0 Å². The molecule has 0 atom stereocenters. The van der Waals surface area contributed by atoms with Gasteiger partial charge in [0.2, 0.25) is 0 Å². The van der Waals surface area contributed by atoms with Crippen LogP contribution in [-0.2, 0) is 4.74 Å². The fraction of sp³-hybridized carbons (Fsp3) is 0.714. The van der Waals surface area contributed by atoms with Crippen LogP contribution in [0.4, 0.5) is 0 Å². The maximum Gasteiger partial charge on any atom is 0.0888 e. The van der Waals surface area contributed by atoms with E-state index in [9.17, 15) is 0 Å². The molecule has 1 rings (SSSR count). The highest BCUT2D eigenvalue weighted by molar-refractivity contribution is 4.83. The average Bonchev–Trinajstić information content (AvgIpc) is 1.94. The number of hydrogen-bond acceptors (Lipinski definition) is 1. The first-order chi connectivity index (χ1) is 3.89. The zero-order valence-corrected chi connectivity index (χ0v) is 5.15. The molecule has 0 amide bonds. The molecule has 0 radical (unpaired) electrons. The van der Waals surface area contributed by atoms with Gasteiger partial charge in [0, 0.05) is 6.42 Å². The predicted molar refractivity (Wildman–Crippen MR) is 33.6 cm³/mol. The van der Waals surface area contributed by atoms with Gasteiger partial charge in [0.1, 0.15) is 0 Å². The third-order valence-corrected chi connectivity index (χ3v) is 1.41. The van der Waals surface area contributed by atoms with Crippen LogP contribution in [0.2, 0.25) is 0 Å². The van der Waals surface area contributed by atoms with Crippen LogP contribution in [0.25, 0.3) is 0 Å². The van der Waals surface area contributed by atoms with Crippen LogP contribution in [0.1, 0.15) is 25.7 Å². The van der Waals surface area contributed by atoms with Gasteiger partial charge in [-0.05, 0) is 19.3 Å². The van der Waals surface area contributed by atoms with Crippen molar-refractivity contribution >= 4 is 0 Å². The van der Waals surface area contributed by atoms with Crippen LogP contribution in [0, 0.1) is 0 Å². The van der Waals surface area contributed by atoms with Gasteiger partial charge in [-0.25, -0.2) is 0 Å². The van der Waals surface area contributed by atoms with Crippen molar-refractivity contribution in [1.82, 2.24) is 0 Å². The molecule has 0 spiro atoms. The van der Waals surface area contributed by atoms with Crippen molar-refractivity contribution in [3.63, 3.8) is 0 Å². The first kappa shape index (κ1) is 5.67. The van der Waals surface area contributed by atoms with Gasteiger partial charge in [0.25, 0.3) is 0 Å².